The maximum atomic E-state index is 13.0. The summed E-state index contributed by atoms with van der Waals surface area (Å²) in [6.07, 6.45) is 3.07. The molecule has 0 radical (unpaired) electrons. The Labute approximate surface area is 167 Å². The van der Waals surface area contributed by atoms with Crippen molar-refractivity contribution >= 4 is 23.5 Å². The zero-order valence-corrected chi connectivity index (χ0v) is 17.5. The third-order valence-electron chi connectivity index (χ3n) is 6.40. The normalized spacial score (nSPS) is 25.2. The first-order valence-electron chi connectivity index (χ1n) is 10.0. The predicted octanol–water partition coefficient (Wildman–Crippen LogP) is 3.77. The number of urea groups is 1. The van der Waals surface area contributed by atoms with Crippen LogP contribution < -0.4 is 10.6 Å². The number of hydrogen-bond donors (Lipinski definition) is 2. The summed E-state index contributed by atoms with van der Waals surface area (Å²) >= 11 is 0. The van der Waals surface area contributed by atoms with Crippen LogP contribution in [0.25, 0.3) is 0 Å². The first kappa shape index (κ1) is 20.4. The highest BCUT2D eigenvalue weighted by molar-refractivity contribution is 6.10. The van der Waals surface area contributed by atoms with E-state index >= 15 is 0 Å². The molecule has 6 nitrogen and oxygen atoms in total. The highest BCUT2D eigenvalue weighted by atomic mass is 16.2. The Morgan fingerprint density at radius 2 is 1.82 bits per heavy atom. The molecule has 0 unspecified atom stereocenters. The molecule has 28 heavy (non-hydrogen) atoms. The fourth-order valence-corrected chi connectivity index (χ4v) is 4.30. The van der Waals surface area contributed by atoms with Crippen molar-refractivity contribution in [2.45, 2.75) is 65.8 Å². The Balaban J connectivity index is 1.64. The number of rotatable bonds is 3. The molecule has 1 aromatic carbocycles. The summed E-state index contributed by atoms with van der Waals surface area (Å²) in [7, 11) is 0. The molecule has 0 aromatic heterocycles. The number of carbonyl (C=O) groups excluding carboxylic acids is 3. The van der Waals surface area contributed by atoms with Gasteiger partial charge in [-0.3, -0.25) is 14.5 Å². The highest BCUT2D eigenvalue weighted by Crippen LogP contribution is 2.43. The average molecular weight is 386 g/mol. The lowest BCUT2D eigenvalue weighted by Gasteiger charge is -2.40. The van der Waals surface area contributed by atoms with Gasteiger partial charge in [0.15, 0.2) is 0 Å². The van der Waals surface area contributed by atoms with Gasteiger partial charge < -0.3 is 10.6 Å². The van der Waals surface area contributed by atoms with Crippen LogP contribution in [0.4, 0.5) is 10.5 Å². The van der Waals surface area contributed by atoms with Crippen molar-refractivity contribution in [2.24, 2.45) is 11.3 Å². The van der Waals surface area contributed by atoms with Gasteiger partial charge in [0, 0.05) is 5.69 Å². The van der Waals surface area contributed by atoms with Crippen LogP contribution >= 0.6 is 0 Å². The summed E-state index contributed by atoms with van der Waals surface area (Å²) in [5.41, 5.74) is 2.24. The minimum Gasteiger partial charge on any atom is -0.325 e. The third kappa shape index (κ3) is 3.91. The minimum atomic E-state index is -0.834. The maximum Gasteiger partial charge on any atom is 0.325 e. The fraction of sp³-hybridized carbons (Fsp3) is 0.591. The molecule has 1 aromatic rings. The average Bonchev–Trinajstić information content (AvgIpc) is 2.82. The van der Waals surface area contributed by atoms with Gasteiger partial charge in [-0.1, -0.05) is 26.8 Å². The van der Waals surface area contributed by atoms with E-state index in [0.29, 0.717) is 24.4 Å². The Morgan fingerprint density at radius 3 is 2.39 bits per heavy atom. The standard InChI is InChI=1S/C22H31N3O3/c1-14-6-7-17(12-15(14)2)23-18(26)13-25-19(27)22(24-20(25)28)10-8-16(9-11-22)21(3,4)5/h6-7,12,16H,8-11,13H2,1-5H3,(H,23,26)(H,24,28). The smallest absolute Gasteiger partial charge is 0.325 e. The van der Waals surface area contributed by atoms with Crippen LogP contribution in [-0.4, -0.2) is 34.8 Å². The van der Waals surface area contributed by atoms with Gasteiger partial charge >= 0.3 is 6.03 Å². The number of hydrogen-bond acceptors (Lipinski definition) is 3. The Morgan fingerprint density at radius 1 is 1.18 bits per heavy atom. The lowest BCUT2D eigenvalue weighted by Crippen LogP contribution is -2.50. The molecule has 1 spiro atoms. The van der Waals surface area contributed by atoms with E-state index < -0.39 is 11.6 Å². The lowest BCUT2D eigenvalue weighted by molar-refractivity contribution is -0.135. The molecule has 2 N–H and O–H groups in total. The molecule has 1 heterocycles. The number of nitrogens with one attached hydrogen (secondary N) is 2. The molecule has 2 aliphatic rings. The van der Waals surface area contributed by atoms with E-state index in [-0.39, 0.29) is 23.8 Å². The van der Waals surface area contributed by atoms with Gasteiger partial charge in [0.05, 0.1) is 0 Å². The molecule has 0 atom stereocenters. The summed E-state index contributed by atoms with van der Waals surface area (Å²) in [5.74, 6) is -0.0998. The van der Waals surface area contributed by atoms with Crippen LogP contribution in [0.5, 0.6) is 0 Å². The second kappa shape index (κ2) is 7.22. The third-order valence-corrected chi connectivity index (χ3v) is 6.40. The summed E-state index contributed by atoms with van der Waals surface area (Å²) < 4.78 is 0. The Hall–Kier alpha value is -2.37. The van der Waals surface area contributed by atoms with Crippen molar-refractivity contribution in [3.63, 3.8) is 0 Å². The number of carbonyl (C=O) groups is 3. The number of imide groups is 1. The lowest BCUT2D eigenvalue weighted by atomic mass is 9.67. The van der Waals surface area contributed by atoms with Crippen LogP contribution in [0.2, 0.25) is 0 Å². The number of aryl methyl sites for hydroxylation is 2. The molecule has 1 aliphatic carbocycles. The van der Waals surface area contributed by atoms with Crippen LogP contribution in [0, 0.1) is 25.2 Å². The number of benzene rings is 1. The molecule has 3 rings (SSSR count). The van der Waals surface area contributed by atoms with Crippen molar-refractivity contribution in [3.8, 4) is 0 Å². The van der Waals surface area contributed by atoms with Crippen molar-refractivity contribution < 1.29 is 14.4 Å². The van der Waals surface area contributed by atoms with Gasteiger partial charge in [-0.2, -0.15) is 0 Å². The first-order chi connectivity index (χ1) is 13.0. The zero-order valence-electron chi connectivity index (χ0n) is 17.5. The quantitative estimate of drug-likeness (QED) is 0.778. The number of nitrogens with zero attached hydrogens (tertiary/aromatic N) is 1. The maximum absolute atomic E-state index is 13.0. The van der Waals surface area contributed by atoms with Crippen molar-refractivity contribution in [1.29, 1.82) is 0 Å². The molecule has 1 saturated carbocycles. The van der Waals surface area contributed by atoms with Gasteiger partial charge in [-0.25, -0.2) is 4.79 Å². The molecule has 152 valence electrons. The van der Waals surface area contributed by atoms with E-state index in [0.717, 1.165) is 28.9 Å². The molecule has 1 saturated heterocycles. The predicted molar refractivity (Wildman–Crippen MR) is 109 cm³/mol. The summed E-state index contributed by atoms with van der Waals surface area (Å²) in [4.78, 5) is 38.9. The topological polar surface area (TPSA) is 78.5 Å². The number of anilines is 1. The molecule has 6 heteroatoms. The zero-order chi connectivity index (χ0) is 20.7. The molecule has 0 bridgehead atoms. The van der Waals surface area contributed by atoms with Gasteiger partial charge in [0.2, 0.25) is 5.91 Å². The Bertz CT molecular complexity index is 802. The van der Waals surface area contributed by atoms with Gasteiger partial charge in [0.25, 0.3) is 5.91 Å². The van der Waals surface area contributed by atoms with Crippen molar-refractivity contribution in [1.82, 2.24) is 10.2 Å². The van der Waals surface area contributed by atoms with Gasteiger partial charge in [-0.05, 0) is 74.1 Å². The van der Waals surface area contributed by atoms with Crippen LogP contribution in [0.1, 0.15) is 57.6 Å². The van der Waals surface area contributed by atoms with E-state index in [9.17, 15) is 14.4 Å². The number of amides is 4. The Kier molecular flexibility index (Phi) is 5.26. The molecular weight excluding hydrogens is 354 g/mol. The van der Waals surface area contributed by atoms with E-state index in [1.54, 1.807) is 0 Å². The largest absolute Gasteiger partial charge is 0.325 e. The molecule has 1 aliphatic heterocycles. The van der Waals surface area contributed by atoms with E-state index in [4.69, 9.17) is 0 Å². The first-order valence-corrected chi connectivity index (χ1v) is 10.0. The van der Waals surface area contributed by atoms with E-state index in [1.807, 2.05) is 32.0 Å². The van der Waals surface area contributed by atoms with E-state index in [1.165, 1.54) is 0 Å². The molecular formula is C22H31N3O3. The second-order valence-corrected chi connectivity index (χ2v) is 9.39. The van der Waals surface area contributed by atoms with Gasteiger partial charge in [0.1, 0.15) is 12.1 Å². The summed E-state index contributed by atoms with van der Waals surface area (Å²) in [6.45, 7) is 10.4. The summed E-state index contributed by atoms with van der Waals surface area (Å²) in [5, 5.41) is 5.67. The van der Waals surface area contributed by atoms with Gasteiger partial charge in [-0.15, -0.1) is 0 Å². The van der Waals surface area contributed by atoms with Crippen molar-refractivity contribution in [3.05, 3.63) is 29.3 Å². The van der Waals surface area contributed by atoms with Crippen LogP contribution in [-0.2, 0) is 9.59 Å². The van der Waals surface area contributed by atoms with E-state index in [2.05, 4.69) is 31.4 Å². The molecule has 4 amide bonds. The molecule has 2 fully saturated rings. The highest BCUT2D eigenvalue weighted by Gasteiger charge is 2.53. The monoisotopic (exact) mass is 385 g/mol. The fourth-order valence-electron chi connectivity index (χ4n) is 4.30. The SMILES string of the molecule is Cc1ccc(NC(=O)CN2C(=O)NC3(CCC(C(C)(C)C)CC3)C2=O)cc1C. The van der Waals surface area contributed by atoms with Crippen LogP contribution in [0.15, 0.2) is 18.2 Å². The second-order valence-electron chi connectivity index (χ2n) is 9.39. The van der Waals surface area contributed by atoms with Crippen molar-refractivity contribution in [2.75, 3.05) is 11.9 Å². The minimum absolute atomic E-state index is 0.193. The van der Waals surface area contributed by atoms with Crippen LogP contribution in [0.3, 0.4) is 0 Å². The summed E-state index contributed by atoms with van der Waals surface area (Å²) in [6, 6.07) is 5.17.